The molecule has 62 valence electrons. The Kier molecular flexibility index (Phi) is 2.24. The maximum atomic E-state index is 10.9. The van der Waals surface area contributed by atoms with Gasteiger partial charge in [0.05, 0.1) is 5.92 Å². The van der Waals surface area contributed by atoms with E-state index in [-0.39, 0.29) is 12.5 Å². The minimum absolute atomic E-state index is 0.246. The third-order valence-corrected chi connectivity index (χ3v) is 1.57. The molecule has 4 heteroatoms. The maximum absolute atomic E-state index is 10.9. The normalized spacial score (nSPS) is 24.5. The van der Waals surface area contributed by atoms with Crippen LogP contribution < -0.4 is 0 Å². The summed E-state index contributed by atoms with van der Waals surface area (Å²) in [6, 6.07) is 0. The van der Waals surface area contributed by atoms with Gasteiger partial charge in [-0.1, -0.05) is 0 Å². The molecule has 0 aromatic rings. The van der Waals surface area contributed by atoms with E-state index in [0.29, 0.717) is 6.54 Å². The summed E-state index contributed by atoms with van der Waals surface area (Å²) in [7, 11) is 3.71. The van der Waals surface area contributed by atoms with Gasteiger partial charge in [0.1, 0.15) is 6.61 Å². The van der Waals surface area contributed by atoms with Crippen LogP contribution >= 0.6 is 0 Å². The molecule has 1 aliphatic rings. The topological polar surface area (TPSA) is 46.6 Å². The molecule has 0 amide bonds. The van der Waals surface area contributed by atoms with Crippen molar-refractivity contribution in [1.29, 1.82) is 0 Å². The average Bonchev–Trinajstić information content (AvgIpc) is 2.18. The van der Waals surface area contributed by atoms with Crippen molar-refractivity contribution >= 4 is 11.8 Å². The molecule has 0 aromatic carbocycles. The van der Waals surface area contributed by atoms with Crippen molar-refractivity contribution in [2.75, 3.05) is 27.2 Å². The zero-order valence-corrected chi connectivity index (χ0v) is 6.66. The van der Waals surface area contributed by atoms with Gasteiger partial charge in [-0.2, -0.15) is 0 Å². The van der Waals surface area contributed by atoms with Crippen molar-refractivity contribution in [2.24, 2.45) is 5.92 Å². The Morgan fingerprint density at radius 1 is 1.55 bits per heavy atom. The van der Waals surface area contributed by atoms with Crippen LogP contribution in [0.4, 0.5) is 0 Å². The zero-order valence-electron chi connectivity index (χ0n) is 6.66. The highest BCUT2D eigenvalue weighted by Crippen LogP contribution is 2.10. The molecule has 11 heavy (non-hydrogen) atoms. The maximum Gasteiger partial charge on any atom is 0.375 e. The third kappa shape index (κ3) is 1.77. The van der Waals surface area contributed by atoms with Crippen LogP contribution in [0.25, 0.3) is 0 Å². The van der Waals surface area contributed by atoms with E-state index in [1.54, 1.807) is 0 Å². The van der Waals surface area contributed by atoms with E-state index in [4.69, 9.17) is 0 Å². The molecule has 0 N–H and O–H groups in total. The van der Waals surface area contributed by atoms with E-state index >= 15 is 0 Å². The van der Waals surface area contributed by atoms with Crippen LogP contribution in [0.5, 0.6) is 0 Å². The van der Waals surface area contributed by atoms with Crippen molar-refractivity contribution in [1.82, 2.24) is 4.90 Å². The molecule has 0 aromatic heterocycles. The van der Waals surface area contributed by atoms with Crippen LogP contribution in [-0.4, -0.2) is 43.9 Å². The number of ketones is 1. The lowest BCUT2D eigenvalue weighted by atomic mass is 10.1. The second kappa shape index (κ2) is 3.00. The first-order valence-corrected chi connectivity index (χ1v) is 3.47. The predicted molar refractivity (Wildman–Crippen MR) is 38.0 cm³/mol. The molecule has 1 rings (SSSR count). The van der Waals surface area contributed by atoms with Crippen LogP contribution in [0, 0.1) is 5.92 Å². The van der Waals surface area contributed by atoms with Crippen LogP contribution in [0.2, 0.25) is 0 Å². The molecule has 0 radical (unpaired) electrons. The molecule has 0 unspecified atom stereocenters. The number of esters is 1. The standard InChI is InChI=1S/C7H11NO3/c1-8(2)3-5-4-11-7(10)6(5)9/h5H,3-4H2,1-2H3/t5-/m1/s1. The highest BCUT2D eigenvalue weighted by Gasteiger charge is 2.34. The van der Waals surface area contributed by atoms with E-state index < -0.39 is 11.8 Å². The number of rotatable bonds is 2. The summed E-state index contributed by atoms with van der Waals surface area (Å²) in [5, 5.41) is 0. The Bertz CT molecular complexity index is 188. The van der Waals surface area contributed by atoms with Crippen LogP contribution in [-0.2, 0) is 14.3 Å². The molecule has 0 saturated carbocycles. The van der Waals surface area contributed by atoms with Crippen LogP contribution in [0.15, 0.2) is 0 Å². The summed E-state index contributed by atoms with van der Waals surface area (Å²) in [4.78, 5) is 23.4. The number of carbonyl (C=O) groups excluding carboxylic acids is 2. The molecule has 0 bridgehead atoms. The van der Waals surface area contributed by atoms with E-state index in [0.717, 1.165) is 0 Å². The van der Waals surface area contributed by atoms with Crippen LogP contribution in [0.1, 0.15) is 0 Å². The fraction of sp³-hybridized carbons (Fsp3) is 0.714. The monoisotopic (exact) mass is 157 g/mol. The number of nitrogens with zero attached hydrogens (tertiary/aromatic N) is 1. The lowest BCUT2D eigenvalue weighted by molar-refractivity contribution is -0.147. The first-order chi connectivity index (χ1) is 5.11. The highest BCUT2D eigenvalue weighted by atomic mass is 16.5. The van der Waals surface area contributed by atoms with Gasteiger partial charge in [0.2, 0.25) is 5.78 Å². The van der Waals surface area contributed by atoms with Gasteiger partial charge in [-0.15, -0.1) is 0 Å². The number of carbonyl (C=O) groups is 2. The minimum Gasteiger partial charge on any atom is -0.459 e. The van der Waals surface area contributed by atoms with Gasteiger partial charge in [-0.05, 0) is 14.1 Å². The van der Waals surface area contributed by atoms with Crippen molar-refractivity contribution in [2.45, 2.75) is 0 Å². The second-order valence-electron chi connectivity index (χ2n) is 2.92. The lowest BCUT2D eigenvalue weighted by Gasteiger charge is -2.11. The summed E-state index contributed by atoms with van der Waals surface area (Å²) >= 11 is 0. The molecule has 0 aliphatic carbocycles. The molecule has 1 heterocycles. The first kappa shape index (κ1) is 8.20. The van der Waals surface area contributed by atoms with Gasteiger partial charge in [0, 0.05) is 6.54 Å². The Balaban J connectivity index is 2.49. The van der Waals surface area contributed by atoms with Crippen LogP contribution in [0.3, 0.4) is 0 Å². The fourth-order valence-electron chi connectivity index (χ4n) is 1.07. The van der Waals surface area contributed by atoms with Crippen molar-refractivity contribution in [3.05, 3.63) is 0 Å². The zero-order chi connectivity index (χ0) is 8.43. The van der Waals surface area contributed by atoms with Crippen molar-refractivity contribution < 1.29 is 14.3 Å². The van der Waals surface area contributed by atoms with Crippen molar-refractivity contribution in [3.8, 4) is 0 Å². The Morgan fingerprint density at radius 2 is 2.18 bits per heavy atom. The number of hydrogen-bond acceptors (Lipinski definition) is 4. The first-order valence-electron chi connectivity index (χ1n) is 3.47. The smallest absolute Gasteiger partial charge is 0.375 e. The number of cyclic esters (lactones) is 1. The summed E-state index contributed by atoms with van der Waals surface area (Å²) in [6.07, 6.45) is 0. The number of ether oxygens (including phenoxy) is 1. The Hall–Kier alpha value is -0.900. The predicted octanol–water partition coefficient (Wildman–Crippen LogP) is -0.710. The SMILES string of the molecule is CN(C)C[C@@H]1COC(=O)C1=O. The molecule has 1 atom stereocenters. The van der Waals surface area contributed by atoms with Gasteiger partial charge in [-0.25, -0.2) is 4.79 Å². The van der Waals surface area contributed by atoms with Gasteiger partial charge in [-0.3, -0.25) is 4.79 Å². The molecule has 1 aliphatic heterocycles. The average molecular weight is 157 g/mol. The largest absolute Gasteiger partial charge is 0.459 e. The molecule has 4 nitrogen and oxygen atoms in total. The molecule has 0 spiro atoms. The van der Waals surface area contributed by atoms with Gasteiger partial charge < -0.3 is 9.64 Å². The summed E-state index contributed by atoms with van der Waals surface area (Å²) in [5.74, 6) is -1.33. The van der Waals surface area contributed by atoms with Gasteiger partial charge in [0.25, 0.3) is 0 Å². The quantitative estimate of drug-likeness (QED) is 0.392. The van der Waals surface area contributed by atoms with E-state index in [9.17, 15) is 9.59 Å². The van der Waals surface area contributed by atoms with E-state index in [1.165, 1.54) is 0 Å². The second-order valence-corrected chi connectivity index (χ2v) is 2.92. The Labute approximate surface area is 65.1 Å². The molecular formula is C7H11NO3. The Morgan fingerprint density at radius 3 is 2.55 bits per heavy atom. The van der Waals surface area contributed by atoms with Gasteiger partial charge >= 0.3 is 5.97 Å². The summed E-state index contributed by atoms with van der Waals surface area (Å²) < 4.78 is 4.56. The van der Waals surface area contributed by atoms with Crippen molar-refractivity contribution in [3.63, 3.8) is 0 Å². The third-order valence-electron chi connectivity index (χ3n) is 1.57. The van der Waals surface area contributed by atoms with E-state index in [2.05, 4.69) is 4.74 Å². The summed E-state index contributed by atoms with van der Waals surface area (Å²) in [6.45, 7) is 0.834. The fourth-order valence-corrected chi connectivity index (χ4v) is 1.07. The summed E-state index contributed by atoms with van der Waals surface area (Å²) in [5.41, 5.74) is 0. The minimum atomic E-state index is -0.683. The molecule has 1 saturated heterocycles. The number of hydrogen-bond donors (Lipinski definition) is 0. The molecular weight excluding hydrogens is 146 g/mol. The molecule has 1 fully saturated rings. The number of Topliss-reactive ketones (excluding diaryl/α,β-unsaturated/α-hetero) is 1. The lowest BCUT2D eigenvalue weighted by Crippen LogP contribution is -2.27. The van der Waals surface area contributed by atoms with E-state index in [1.807, 2.05) is 19.0 Å². The van der Waals surface area contributed by atoms with Gasteiger partial charge in [0.15, 0.2) is 0 Å². The highest BCUT2D eigenvalue weighted by molar-refractivity contribution is 6.36.